The first-order chi connectivity index (χ1) is 12.2. The molecule has 0 amide bonds. The van der Waals surface area contributed by atoms with Gasteiger partial charge in [0.2, 0.25) is 0 Å². The summed E-state index contributed by atoms with van der Waals surface area (Å²) in [5.74, 6) is 0. The van der Waals surface area contributed by atoms with Crippen molar-refractivity contribution < 1.29 is 5.11 Å². The average molecular weight is 354 g/mol. The Bertz CT molecular complexity index is 724. The topological polar surface area (TPSA) is 23.5 Å². The van der Waals surface area contributed by atoms with E-state index >= 15 is 0 Å². The van der Waals surface area contributed by atoms with E-state index < -0.39 is 6.10 Å². The molecule has 2 aliphatic heterocycles. The smallest absolute Gasteiger partial charge is 0.0917 e. The molecular weight excluding hydrogens is 330 g/mol. The number of hydrogen-bond acceptors (Lipinski definition) is 2. The number of nitrogens with zero attached hydrogens (tertiary/aromatic N) is 1. The molecule has 2 fully saturated rings. The summed E-state index contributed by atoms with van der Waals surface area (Å²) >= 11 is 5.98. The molecular formula is C22H24ClNO. The van der Waals surface area contributed by atoms with E-state index in [4.69, 9.17) is 11.6 Å². The van der Waals surface area contributed by atoms with Crippen LogP contribution in [0.3, 0.4) is 0 Å². The van der Waals surface area contributed by atoms with Gasteiger partial charge in [-0.1, -0.05) is 65.7 Å². The Morgan fingerprint density at radius 3 is 2.28 bits per heavy atom. The van der Waals surface area contributed by atoms with Gasteiger partial charge in [-0.2, -0.15) is 0 Å². The van der Waals surface area contributed by atoms with Crippen LogP contribution in [0.2, 0.25) is 5.02 Å². The molecule has 4 rings (SSSR count). The second-order valence-corrected chi connectivity index (χ2v) is 7.71. The van der Waals surface area contributed by atoms with Gasteiger partial charge in [-0.3, -0.25) is 4.90 Å². The number of benzene rings is 2. The van der Waals surface area contributed by atoms with Crippen molar-refractivity contribution in [2.24, 2.45) is 0 Å². The highest BCUT2D eigenvalue weighted by molar-refractivity contribution is 6.30. The molecule has 2 saturated heterocycles. The van der Waals surface area contributed by atoms with Gasteiger partial charge < -0.3 is 5.11 Å². The van der Waals surface area contributed by atoms with Gasteiger partial charge in [-0.05, 0) is 48.9 Å². The van der Waals surface area contributed by atoms with E-state index in [1.807, 2.05) is 42.5 Å². The highest BCUT2D eigenvalue weighted by Crippen LogP contribution is 2.40. The quantitative estimate of drug-likeness (QED) is 0.828. The van der Waals surface area contributed by atoms with E-state index in [9.17, 15) is 5.11 Å². The van der Waals surface area contributed by atoms with Gasteiger partial charge in [0.15, 0.2) is 0 Å². The van der Waals surface area contributed by atoms with E-state index in [1.165, 1.54) is 24.0 Å². The second-order valence-electron chi connectivity index (χ2n) is 7.27. The second kappa shape index (κ2) is 7.33. The van der Waals surface area contributed by atoms with E-state index in [2.05, 4.69) is 23.1 Å². The summed E-state index contributed by atoms with van der Waals surface area (Å²) in [7, 11) is 0. The molecule has 0 aromatic heterocycles. The molecule has 0 radical (unpaired) electrons. The maximum absolute atomic E-state index is 10.6. The van der Waals surface area contributed by atoms with Crippen LogP contribution in [0.5, 0.6) is 0 Å². The lowest BCUT2D eigenvalue weighted by atomic mass is 9.94. The Labute approximate surface area is 154 Å². The van der Waals surface area contributed by atoms with Crippen LogP contribution in [-0.2, 0) is 0 Å². The van der Waals surface area contributed by atoms with Crippen molar-refractivity contribution in [2.45, 2.75) is 43.9 Å². The molecule has 2 aliphatic rings. The first-order valence-corrected chi connectivity index (χ1v) is 9.50. The van der Waals surface area contributed by atoms with Gasteiger partial charge in [-0.25, -0.2) is 0 Å². The summed E-state index contributed by atoms with van der Waals surface area (Å²) < 4.78 is 0. The number of piperidine rings is 1. The summed E-state index contributed by atoms with van der Waals surface area (Å²) in [6.45, 7) is 0.744. The minimum absolute atomic E-state index is 0.397. The maximum atomic E-state index is 10.6. The number of aliphatic hydroxyl groups is 1. The largest absolute Gasteiger partial charge is 0.387 e. The Balaban J connectivity index is 1.44. The van der Waals surface area contributed by atoms with Crippen LogP contribution in [0, 0.1) is 0 Å². The van der Waals surface area contributed by atoms with Crippen LogP contribution >= 0.6 is 11.6 Å². The first-order valence-electron chi connectivity index (χ1n) is 9.13. The van der Waals surface area contributed by atoms with Gasteiger partial charge in [0.25, 0.3) is 0 Å². The van der Waals surface area contributed by atoms with Crippen molar-refractivity contribution in [3.8, 4) is 0 Å². The highest BCUT2D eigenvalue weighted by Gasteiger charge is 2.39. The van der Waals surface area contributed by atoms with Gasteiger partial charge >= 0.3 is 0 Å². The lowest BCUT2D eigenvalue weighted by Crippen LogP contribution is -2.42. The number of rotatable bonds is 4. The molecule has 2 nitrogen and oxygen atoms in total. The molecule has 0 saturated carbocycles. The predicted molar refractivity (Wildman–Crippen MR) is 104 cm³/mol. The highest BCUT2D eigenvalue weighted by atomic mass is 35.5. The van der Waals surface area contributed by atoms with Crippen LogP contribution in [0.1, 0.15) is 42.9 Å². The van der Waals surface area contributed by atoms with Crippen molar-refractivity contribution in [1.82, 2.24) is 4.90 Å². The standard InChI is InChI=1S/C22H24ClNO/c23-19-8-6-16(7-9-19)12-17-13-20-10-11-21(14-17)24(20)15-22(25)18-4-2-1-3-5-18/h1-9,12,20-22,25H,10-11,13-15H2/t20-,21+,22-/m0/s1. The number of hydrogen-bond donors (Lipinski definition) is 1. The minimum Gasteiger partial charge on any atom is -0.387 e. The van der Waals surface area contributed by atoms with Gasteiger partial charge in [0.05, 0.1) is 6.10 Å². The van der Waals surface area contributed by atoms with Crippen LogP contribution in [0.25, 0.3) is 6.08 Å². The summed E-state index contributed by atoms with van der Waals surface area (Å²) in [5, 5.41) is 11.4. The van der Waals surface area contributed by atoms with Crippen molar-refractivity contribution >= 4 is 17.7 Å². The number of halogens is 1. The molecule has 2 heterocycles. The monoisotopic (exact) mass is 353 g/mol. The van der Waals surface area contributed by atoms with Gasteiger partial charge in [0, 0.05) is 23.7 Å². The zero-order valence-corrected chi connectivity index (χ0v) is 15.1. The Kier molecular flexibility index (Phi) is 4.93. The van der Waals surface area contributed by atoms with Gasteiger partial charge in [-0.15, -0.1) is 0 Å². The molecule has 3 heteroatoms. The lowest BCUT2D eigenvalue weighted by Gasteiger charge is -2.37. The number of fused-ring (bicyclic) bond motifs is 2. The summed E-state index contributed by atoms with van der Waals surface area (Å²) in [6.07, 6.45) is 6.63. The third-order valence-corrected chi connectivity index (χ3v) is 5.83. The van der Waals surface area contributed by atoms with E-state index in [1.54, 1.807) is 0 Å². The SMILES string of the molecule is O[C@@H](CN1[C@@H]2CC[C@H]1CC(=Cc1ccc(Cl)cc1)C2)c1ccccc1. The third-order valence-electron chi connectivity index (χ3n) is 5.58. The van der Waals surface area contributed by atoms with Crippen molar-refractivity contribution in [3.63, 3.8) is 0 Å². The van der Waals surface area contributed by atoms with Crippen LogP contribution < -0.4 is 0 Å². The lowest BCUT2D eigenvalue weighted by molar-refractivity contribution is 0.0733. The molecule has 2 aromatic rings. The molecule has 25 heavy (non-hydrogen) atoms. The summed E-state index contributed by atoms with van der Waals surface area (Å²) in [6, 6.07) is 19.2. The van der Waals surface area contributed by atoms with Crippen molar-refractivity contribution in [2.75, 3.05) is 6.54 Å². The molecule has 0 aliphatic carbocycles. The van der Waals surface area contributed by atoms with E-state index in [0.717, 1.165) is 30.0 Å². The average Bonchev–Trinajstić information content (AvgIpc) is 2.87. The fourth-order valence-electron chi connectivity index (χ4n) is 4.33. The number of aliphatic hydroxyl groups excluding tert-OH is 1. The third kappa shape index (κ3) is 3.82. The van der Waals surface area contributed by atoms with E-state index in [0.29, 0.717) is 12.1 Å². The minimum atomic E-state index is -0.397. The molecule has 0 spiro atoms. The molecule has 130 valence electrons. The normalized spacial score (nSPS) is 26.1. The molecule has 0 unspecified atom stereocenters. The Morgan fingerprint density at radius 1 is 1.00 bits per heavy atom. The molecule has 3 atom stereocenters. The summed E-state index contributed by atoms with van der Waals surface area (Å²) in [4.78, 5) is 2.54. The fourth-order valence-corrected chi connectivity index (χ4v) is 4.46. The predicted octanol–water partition coefficient (Wildman–Crippen LogP) is 5.08. The van der Waals surface area contributed by atoms with Crippen molar-refractivity contribution in [1.29, 1.82) is 0 Å². The first kappa shape index (κ1) is 16.8. The molecule has 1 N–H and O–H groups in total. The zero-order valence-electron chi connectivity index (χ0n) is 14.3. The van der Waals surface area contributed by atoms with E-state index in [-0.39, 0.29) is 0 Å². The molecule has 2 aromatic carbocycles. The molecule has 2 bridgehead atoms. The zero-order chi connectivity index (χ0) is 17.2. The summed E-state index contributed by atoms with van der Waals surface area (Å²) in [5.41, 5.74) is 3.78. The van der Waals surface area contributed by atoms with Crippen LogP contribution in [-0.4, -0.2) is 28.6 Å². The fraction of sp³-hybridized carbons (Fsp3) is 0.364. The van der Waals surface area contributed by atoms with Crippen molar-refractivity contribution in [3.05, 3.63) is 76.3 Å². The van der Waals surface area contributed by atoms with Gasteiger partial charge in [0.1, 0.15) is 0 Å². The van der Waals surface area contributed by atoms with Crippen LogP contribution in [0.4, 0.5) is 0 Å². The Morgan fingerprint density at radius 2 is 1.64 bits per heavy atom. The maximum Gasteiger partial charge on any atom is 0.0917 e. The van der Waals surface area contributed by atoms with Crippen LogP contribution in [0.15, 0.2) is 60.2 Å². The Hall–Kier alpha value is -1.61.